The van der Waals surface area contributed by atoms with Gasteiger partial charge in [-0.3, -0.25) is 5.32 Å². The Hall–Kier alpha value is -3.69. The first-order valence-electron chi connectivity index (χ1n) is 8.27. The number of fused-ring (bicyclic) bond motifs is 2. The zero-order valence-electron chi connectivity index (χ0n) is 14.6. The number of anilines is 3. The molecule has 0 radical (unpaired) electrons. The van der Waals surface area contributed by atoms with Crippen molar-refractivity contribution < 1.29 is 23.4 Å². The van der Waals surface area contributed by atoms with Crippen LogP contribution in [0.3, 0.4) is 0 Å². The minimum absolute atomic E-state index is 0.0444. The lowest BCUT2D eigenvalue weighted by Crippen LogP contribution is -2.27. The number of rotatable bonds is 2. The molecule has 0 unspecified atom stereocenters. The van der Waals surface area contributed by atoms with Crippen LogP contribution in [0.1, 0.15) is 5.56 Å². The summed E-state index contributed by atoms with van der Waals surface area (Å²) in [6, 6.07) is 2.99. The molecule has 1 atom stereocenters. The van der Waals surface area contributed by atoms with E-state index in [2.05, 4.69) is 20.6 Å². The fraction of sp³-hybridized carbons (Fsp3) is 0.167. The van der Waals surface area contributed by atoms with Crippen LogP contribution < -0.4 is 21.1 Å². The molecule has 28 heavy (non-hydrogen) atoms. The van der Waals surface area contributed by atoms with Gasteiger partial charge in [0.15, 0.2) is 5.82 Å². The molecule has 0 bridgehead atoms. The molecule has 3 aromatic rings. The number of carboxylic acid groups (broad SMARTS) is 1. The summed E-state index contributed by atoms with van der Waals surface area (Å²) in [4.78, 5) is 18.8. The van der Waals surface area contributed by atoms with Crippen molar-refractivity contribution in [3.05, 3.63) is 35.9 Å². The average molecular weight is 387 g/mol. The van der Waals surface area contributed by atoms with Crippen molar-refractivity contribution in [2.45, 2.75) is 13.3 Å². The van der Waals surface area contributed by atoms with E-state index in [4.69, 9.17) is 15.6 Å². The van der Waals surface area contributed by atoms with Crippen molar-refractivity contribution in [3.8, 4) is 17.0 Å². The minimum Gasteiger partial charge on any atom is -0.465 e. The predicted molar refractivity (Wildman–Crippen MR) is 99.7 cm³/mol. The van der Waals surface area contributed by atoms with Gasteiger partial charge in [0, 0.05) is 28.9 Å². The number of halogens is 2. The van der Waals surface area contributed by atoms with Gasteiger partial charge in [0.1, 0.15) is 11.5 Å². The van der Waals surface area contributed by atoms with Crippen LogP contribution in [-0.2, 0) is 0 Å². The number of nitrogens with two attached hydrogens (primary N) is 1. The predicted octanol–water partition coefficient (Wildman–Crippen LogP) is 3.52. The van der Waals surface area contributed by atoms with Crippen molar-refractivity contribution in [1.29, 1.82) is 0 Å². The standard InChI is InChI=1S/C18H15F2N5O3/c1-7-10(4-24-17-16(7)23-6-12(19)28-17)9-2-8-3-13(25-18(26)27)22-5-11(8)15(21)14(9)20/h2-5,12,23H,6,21H2,1H3,(H,22,25)(H,26,27)/t12-/m1/s1. The smallest absolute Gasteiger partial charge is 0.410 e. The molecular formula is C18H15F2N5O3. The van der Waals surface area contributed by atoms with E-state index in [1.165, 1.54) is 24.5 Å². The molecule has 0 saturated heterocycles. The lowest BCUT2D eigenvalue weighted by Gasteiger charge is -2.24. The minimum atomic E-state index is -1.51. The maximum Gasteiger partial charge on any atom is 0.410 e. The molecule has 1 aromatic carbocycles. The summed E-state index contributed by atoms with van der Waals surface area (Å²) >= 11 is 0. The number of amides is 1. The van der Waals surface area contributed by atoms with Crippen LogP contribution in [0, 0.1) is 12.7 Å². The number of nitrogen functional groups attached to an aromatic ring is 1. The molecule has 1 aliphatic rings. The summed E-state index contributed by atoms with van der Waals surface area (Å²) in [6.07, 6.45) is -0.0905. The fourth-order valence-electron chi connectivity index (χ4n) is 3.17. The molecule has 2 aromatic heterocycles. The lowest BCUT2D eigenvalue weighted by atomic mass is 9.97. The molecule has 1 aliphatic heterocycles. The van der Waals surface area contributed by atoms with Gasteiger partial charge in [0.25, 0.3) is 6.36 Å². The van der Waals surface area contributed by atoms with E-state index in [1.807, 2.05) is 0 Å². The maximum atomic E-state index is 15.0. The lowest BCUT2D eigenvalue weighted by molar-refractivity contribution is 0.0688. The molecule has 0 aliphatic carbocycles. The van der Waals surface area contributed by atoms with E-state index in [9.17, 15) is 9.18 Å². The Morgan fingerprint density at radius 2 is 2.14 bits per heavy atom. The Kier molecular flexibility index (Phi) is 4.10. The second-order valence-electron chi connectivity index (χ2n) is 6.26. The number of benzene rings is 1. The van der Waals surface area contributed by atoms with E-state index in [-0.39, 0.29) is 29.5 Å². The van der Waals surface area contributed by atoms with E-state index >= 15 is 4.39 Å². The number of carbonyl (C=O) groups is 1. The second-order valence-corrected chi connectivity index (χ2v) is 6.26. The largest absolute Gasteiger partial charge is 0.465 e. The van der Waals surface area contributed by atoms with E-state index in [0.717, 1.165) is 0 Å². The summed E-state index contributed by atoms with van der Waals surface area (Å²) in [5, 5.41) is 14.7. The summed E-state index contributed by atoms with van der Waals surface area (Å²) < 4.78 is 33.4. The number of nitrogens with zero attached hydrogens (tertiary/aromatic N) is 2. The number of alkyl halides is 1. The van der Waals surface area contributed by atoms with Crippen molar-refractivity contribution in [2.24, 2.45) is 0 Å². The Morgan fingerprint density at radius 3 is 2.89 bits per heavy atom. The Labute approximate surface area is 157 Å². The van der Waals surface area contributed by atoms with Gasteiger partial charge < -0.3 is 20.9 Å². The zero-order valence-corrected chi connectivity index (χ0v) is 14.6. The molecule has 8 nitrogen and oxygen atoms in total. The SMILES string of the molecule is Cc1c(-c2cc3cc(NC(=O)O)ncc3c(N)c2F)cnc2c1NC[C@H](F)O2. The van der Waals surface area contributed by atoms with Crippen LogP contribution in [-0.4, -0.2) is 34.1 Å². The van der Waals surface area contributed by atoms with Gasteiger partial charge in [-0.2, -0.15) is 4.39 Å². The van der Waals surface area contributed by atoms with Gasteiger partial charge in [-0.15, -0.1) is 0 Å². The highest BCUT2D eigenvalue weighted by Gasteiger charge is 2.24. The number of hydrogen-bond donors (Lipinski definition) is 4. The molecule has 1 amide bonds. The Morgan fingerprint density at radius 1 is 1.36 bits per heavy atom. The topological polar surface area (TPSA) is 122 Å². The van der Waals surface area contributed by atoms with Gasteiger partial charge in [-0.1, -0.05) is 0 Å². The van der Waals surface area contributed by atoms with Crippen LogP contribution in [0.2, 0.25) is 0 Å². The molecule has 3 heterocycles. The molecule has 0 saturated carbocycles. The van der Waals surface area contributed by atoms with Crippen molar-refractivity contribution in [3.63, 3.8) is 0 Å². The highest BCUT2D eigenvalue weighted by atomic mass is 19.1. The molecule has 0 spiro atoms. The van der Waals surface area contributed by atoms with Crippen LogP contribution in [0.5, 0.6) is 5.88 Å². The Balaban J connectivity index is 1.89. The number of pyridine rings is 2. The molecule has 5 N–H and O–H groups in total. The summed E-state index contributed by atoms with van der Waals surface area (Å²) in [7, 11) is 0. The first-order valence-corrected chi connectivity index (χ1v) is 8.27. The zero-order chi connectivity index (χ0) is 20.0. The maximum absolute atomic E-state index is 15.0. The van der Waals surface area contributed by atoms with Crippen LogP contribution in [0.25, 0.3) is 21.9 Å². The summed E-state index contributed by atoms with van der Waals surface area (Å²) in [6.45, 7) is 1.69. The highest BCUT2D eigenvalue weighted by Crippen LogP contribution is 2.40. The summed E-state index contributed by atoms with van der Waals surface area (Å²) in [5.41, 5.74) is 7.55. The van der Waals surface area contributed by atoms with Gasteiger partial charge in [-0.05, 0) is 30.0 Å². The monoisotopic (exact) mass is 387 g/mol. The first-order chi connectivity index (χ1) is 13.3. The van der Waals surface area contributed by atoms with E-state index in [1.54, 1.807) is 6.92 Å². The molecule has 0 fully saturated rings. The third-order valence-electron chi connectivity index (χ3n) is 4.51. The third kappa shape index (κ3) is 2.88. The van der Waals surface area contributed by atoms with Crippen LogP contribution in [0.4, 0.5) is 30.8 Å². The molecule has 144 valence electrons. The normalized spacial score (nSPS) is 15.5. The molecule has 4 rings (SSSR count). The van der Waals surface area contributed by atoms with Crippen molar-refractivity contribution in [2.75, 3.05) is 22.9 Å². The van der Waals surface area contributed by atoms with Gasteiger partial charge in [-0.25, -0.2) is 19.2 Å². The number of ether oxygens (including phenoxy) is 1. The highest BCUT2D eigenvalue weighted by molar-refractivity contribution is 5.99. The van der Waals surface area contributed by atoms with Gasteiger partial charge in [0.2, 0.25) is 5.88 Å². The fourth-order valence-corrected chi connectivity index (χ4v) is 3.17. The first kappa shape index (κ1) is 17.7. The van der Waals surface area contributed by atoms with E-state index < -0.39 is 18.3 Å². The third-order valence-corrected chi connectivity index (χ3v) is 4.51. The number of aromatic nitrogens is 2. The average Bonchev–Trinajstić information content (AvgIpc) is 2.64. The molecule has 10 heteroatoms. The van der Waals surface area contributed by atoms with Gasteiger partial charge >= 0.3 is 6.09 Å². The van der Waals surface area contributed by atoms with E-state index in [0.29, 0.717) is 27.6 Å². The number of nitrogens with one attached hydrogen (secondary N) is 2. The van der Waals surface area contributed by atoms with Crippen molar-refractivity contribution in [1.82, 2.24) is 9.97 Å². The second kappa shape index (κ2) is 6.48. The van der Waals surface area contributed by atoms with Crippen LogP contribution in [0.15, 0.2) is 24.5 Å². The molecular weight excluding hydrogens is 372 g/mol. The van der Waals surface area contributed by atoms with Crippen LogP contribution >= 0.6 is 0 Å². The Bertz CT molecular complexity index is 1120. The quantitative estimate of drug-likeness (QED) is 0.496. The van der Waals surface area contributed by atoms with Crippen molar-refractivity contribution >= 4 is 34.1 Å². The summed E-state index contributed by atoms with van der Waals surface area (Å²) in [5.74, 6) is -0.467. The van der Waals surface area contributed by atoms with Gasteiger partial charge in [0.05, 0.1) is 12.2 Å². The number of hydrogen-bond acceptors (Lipinski definition) is 6.